The maximum absolute atomic E-state index is 11.9. The Morgan fingerprint density at radius 3 is 2.72 bits per heavy atom. The van der Waals surface area contributed by atoms with Crippen LogP contribution in [-0.2, 0) is 0 Å². The molecule has 0 saturated carbocycles. The lowest BCUT2D eigenvalue weighted by Gasteiger charge is -2.08. The molecule has 1 amide bonds. The number of halogens is 3. The molecule has 0 atom stereocenters. The standard InChI is InChI=1S/C10H13F3N4O/c1-2-15-8-6-14-5-7(17-8)9(18)16-4-3-10(11,12)13/h5-6H,2-4H2,1H3,(H,15,17)(H,16,18). The first-order valence-corrected chi connectivity index (χ1v) is 5.33. The molecule has 0 aliphatic carbocycles. The summed E-state index contributed by atoms with van der Waals surface area (Å²) in [6.45, 7) is 1.97. The van der Waals surface area contributed by atoms with Crippen LogP contribution in [0.25, 0.3) is 0 Å². The SMILES string of the molecule is CCNc1cncc(C(=O)NCCC(F)(F)F)n1. The number of alkyl halides is 3. The van der Waals surface area contributed by atoms with Crippen LogP contribution in [0.4, 0.5) is 19.0 Å². The monoisotopic (exact) mass is 262 g/mol. The van der Waals surface area contributed by atoms with Gasteiger partial charge in [-0.15, -0.1) is 0 Å². The van der Waals surface area contributed by atoms with Gasteiger partial charge in [0.25, 0.3) is 5.91 Å². The fraction of sp³-hybridized carbons (Fsp3) is 0.500. The summed E-state index contributed by atoms with van der Waals surface area (Å²) in [4.78, 5) is 19.2. The minimum atomic E-state index is -4.29. The number of aromatic nitrogens is 2. The van der Waals surface area contributed by atoms with Crippen LogP contribution in [0.5, 0.6) is 0 Å². The van der Waals surface area contributed by atoms with Gasteiger partial charge >= 0.3 is 6.18 Å². The van der Waals surface area contributed by atoms with Crippen molar-refractivity contribution in [2.45, 2.75) is 19.5 Å². The van der Waals surface area contributed by atoms with E-state index in [1.165, 1.54) is 12.4 Å². The van der Waals surface area contributed by atoms with Gasteiger partial charge in [0.05, 0.1) is 18.8 Å². The van der Waals surface area contributed by atoms with E-state index >= 15 is 0 Å². The molecule has 0 aromatic carbocycles. The first kappa shape index (κ1) is 14.2. The molecule has 0 unspecified atom stereocenters. The summed E-state index contributed by atoms with van der Waals surface area (Å²) in [5.74, 6) is -0.271. The summed E-state index contributed by atoms with van der Waals surface area (Å²) in [5.41, 5.74) is -0.0179. The van der Waals surface area contributed by atoms with Crippen molar-refractivity contribution in [3.8, 4) is 0 Å². The molecule has 8 heteroatoms. The zero-order valence-electron chi connectivity index (χ0n) is 9.71. The fourth-order valence-corrected chi connectivity index (χ4v) is 1.15. The van der Waals surface area contributed by atoms with Gasteiger partial charge < -0.3 is 10.6 Å². The van der Waals surface area contributed by atoms with Crippen LogP contribution < -0.4 is 10.6 Å². The third-order valence-corrected chi connectivity index (χ3v) is 1.92. The average molecular weight is 262 g/mol. The molecule has 1 aromatic heterocycles. The quantitative estimate of drug-likeness (QED) is 0.845. The first-order valence-electron chi connectivity index (χ1n) is 5.33. The van der Waals surface area contributed by atoms with Gasteiger partial charge in [0.15, 0.2) is 0 Å². The van der Waals surface area contributed by atoms with Crippen molar-refractivity contribution in [1.29, 1.82) is 0 Å². The number of nitrogens with zero attached hydrogens (tertiary/aromatic N) is 2. The smallest absolute Gasteiger partial charge is 0.369 e. The second-order valence-electron chi connectivity index (χ2n) is 3.44. The number of nitrogens with one attached hydrogen (secondary N) is 2. The van der Waals surface area contributed by atoms with Crippen LogP contribution in [0.1, 0.15) is 23.8 Å². The highest BCUT2D eigenvalue weighted by Crippen LogP contribution is 2.18. The zero-order valence-corrected chi connectivity index (χ0v) is 9.71. The average Bonchev–Trinajstić information content (AvgIpc) is 2.28. The number of hydrogen-bond acceptors (Lipinski definition) is 4. The number of hydrogen-bond donors (Lipinski definition) is 2. The Kier molecular flexibility index (Phi) is 4.87. The van der Waals surface area contributed by atoms with E-state index in [-0.39, 0.29) is 5.69 Å². The highest BCUT2D eigenvalue weighted by atomic mass is 19.4. The summed E-state index contributed by atoms with van der Waals surface area (Å²) >= 11 is 0. The maximum atomic E-state index is 11.9. The normalized spacial score (nSPS) is 11.1. The lowest BCUT2D eigenvalue weighted by atomic mass is 10.3. The van der Waals surface area contributed by atoms with Crippen LogP contribution in [-0.4, -0.2) is 35.1 Å². The Morgan fingerprint density at radius 2 is 2.11 bits per heavy atom. The molecule has 18 heavy (non-hydrogen) atoms. The maximum Gasteiger partial charge on any atom is 0.390 e. The van der Waals surface area contributed by atoms with Gasteiger partial charge in [-0.05, 0) is 6.92 Å². The number of anilines is 1. The van der Waals surface area contributed by atoms with Gasteiger partial charge in [0.1, 0.15) is 11.5 Å². The third kappa shape index (κ3) is 4.98. The summed E-state index contributed by atoms with van der Waals surface area (Å²) in [5, 5.41) is 4.99. The molecule has 0 aliphatic heterocycles. The van der Waals surface area contributed by atoms with Gasteiger partial charge in [0.2, 0.25) is 0 Å². The lowest BCUT2D eigenvalue weighted by Crippen LogP contribution is -2.28. The molecule has 1 rings (SSSR count). The van der Waals surface area contributed by atoms with Crippen LogP contribution >= 0.6 is 0 Å². The second kappa shape index (κ2) is 6.18. The predicted molar refractivity (Wildman–Crippen MR) is 59.2 cm³/mol. The van der Waals surface area contributed by atoms with E-state index in [4.69, 9.17) is 0 Å². The number of rotatable bonds is 5. The summed E-state index contributed by atoms with van der Waals surface area (Å²) in [7, 11) is 0. The fourth-order valence-electron chi connectivity index (χ4n) is 1.15. The largest absolute Gasteiger partial charge is 0.390 e. The summed E-state index contributed by atoms with van der Waals surface area (Å²) in [6.07, 6.45) is -2.73. The molecule has 100 valence electrons. The van der Waals surface area contributed by atoms with Gasteiger partial charge in [-0.3, -0.25) is 9.78 Å². The van der Waals surface area contributed by atoms with E-state index in [1.54, 1.807) is 0 Å². The third-order valence-electron chi connectivity index (χ3n) is 1.92. The minimum absolute atomic E-state index is 0.0179. The number of amides is 1. The van der Waals surface area contributed by atoms with Crippen LogP contribution in [0.15, 0.2) is 12.4 Å². The van der Waals surface area contributed by atoms with Crippen molar-refractivity contribution in [3.63, 3.8) is 0 Å². The van der Waals surface area contributed by atoms with Crippen molar-refractivity contribution in [3.05, 3.63) is 18.1 Å². The van der Waals surface area contributed by atoms with Crippen molar-refractivity contribution in [1.82, 2.24) is 15.3 Å². The predicted octanol–water partition coefficient (Wildman–Crippen LogP) is 1.59. The Labute approximate surface area is 102 Å². The van der Waals surface area contributed by atoms with E-state index in [0.717, 1.165) is 0 Å². The molecule has 2 N–H and O–H groups in total. The van der Waals surface area contributed by atoms with E-state index in [0.29, 0.717) is 12.4 Å². The lowest BCUT2D eigenvalue weighted by molar-refractivity contribution is -0.132. The molecule has 1 heterocycles. The highest BCUT2D eigenvalue weighted by molar-refractivity contribution is 5.92. The van der Waals surface area contributed by atoms with Crippen molar-refractivity contribution >= 4 is 11.7 Å². The van der Waals surface area contributed by atoms with Gasteiger partial charge in [-0.1, -0.05) is 0 Å². The Balaban J connectivity index is 2.53. The molecule has 0 saturated heterocycles. The number of carbonyl (C=O) groups is 1. The first-order chi connectivity index (χ1) is 8.42. The molecule has 0 spiro atoms. The zero-order chi connectivity index (χ0) is 13.6. The topological polar surface area (TPSA) is 66.9 Å². The molecule has 0 fully saturated rings. The minimum Gasteiger partial charge on any atom is -0.369 e. The molecule has 0 aliphatic rings. The molecular weight excluding hydrogens is 249 g/mol. The Morgan fingerprint density at radius 1 is 1.39 bits per heavy atom. The summed E-state index contributed by atoms with van der Waals surface area (Å²) in [6, 6.07) is 0. The highest BCUT2D eigenvalue weighted by Gasteiger charge is 2.26. The Hall–Kier alpha value is -1.86. The number of carbonyl (C=O) groups excluding carboxylic acids is 1. The molecule has 1 aromatic rings. The van der Waals surface area contributed by atoms with Crippen LogP contribution in [0, 0.1) is 0 Å². The molecule has 5 nitrogen and oxygen atoms in total. The molecule has 0 radical (unpaired) electrons. The molecular formula is C10H13F3N4O. The van der Waals surface area contributed by atoms with E-state index in [2.05, 4.69) is 20.6 Å². The van der Waals surface area contributed by atoms with E-state index in [1.807, 2.05) is 6.92 Å². The van der Waals surface area contributed by atoms with Crippen LogP contribution in [0.2, 0.25) is 0 Å². The Bertz CT molecular complexity index is 408. The van der Waals surface area contributed by atoms with Crippen LogP contribution in [0.3, 0.4) is 0 Å². The molecule has 0 bridgehead atoms. The summed E-state index contributed by atoms with van der Waals surface area (Å²) < 4.78 is 35.7. The van der Waals surface area contributed by atoms with Gasteiger partial charge in [-0.2, -0.15) is 13.2 Å². The van der Waals surface area contributed by atoms with Gasteiger partial charge in [-0.25, -0.2) is 4.98 Å². The second-order valence-corrected chi connectivity index (χ2v) is 3.44. The van der Waals surface area contributed by atoms with Crippen molar-refractivity contribution < 1.29 is 18.0 Å². The van der Waals surface area contributed by atoms with Gasteiger partial charge in [0, 0.05) is 13.1 Å². The van der Waals surface area contributed by atoms with Crippen molar-refractivity contribution in [2.24, 2.45) is 0 Å². The van der Waals surface area contributed by atoms with Crippen molar-refractivity contribution in [2.75, 3.05) is 18.4 Å². The van der Waals surface area contributed by atoms with E-state index < -0.39 is 25.0 Å². The van der Waals surface area contributed by atoms with E-state index in [9.17, 15) is 18.0 Å².